The van der Waals surface area contributed by atoms with Crippen molar-refractivity contribution in [3.8, 4) is 0 Å². The van der Waals surface area contributed by atoms with E-state index >= 15 is 0 Å². The van der Waals surface area contributed by atoms with Crippen molar-refractivity contribution in [2.24, 2.45) is 10.7 Å². The van der Waals surface area contributed by atoms with E-state index in [9.17, 15) is 4.39 Å². The lowest BCUT2D eigenvalue weighted by molar-refractivity contribution is 0.633. The molecule has 0 unspecified atom stereocenters. The molecule has 0 atom stereocenters. The Labute approximate surface area is 73.7 Å². The standard InChI is InChI=1S/C7H11FN2.C2H6/c1-4-10-7(9)5(2)6(3)8;1-2/h4H,1H2,2-3H3,(H2,9,10);1-2H3/b6-5+;. The van der Waals surface area contributed by atoms with Crippen molar-refractivity contribution in [1.82, 2.24) is 0 Å². The maximum atomic E-state index is 12.4. The monoisotopic (exact) mass is 172 g/mol. The summed E-state index contributed by atoms with van der Waals surface area (Å²) >= 11 is 0. The molecule has 0 amide bonds. The Hall–Kier alpha value is -1.12. The maximum Gasteiger partial charge on any atom is 0.128 e. The molecule has 0 rings (SSSR count). The molecule has 2 nitrogen and oxygen atoms in total. The summed E-state index contributed by atoms with van der Waals surface area (Å²) < 4.78 is 12.4. The van der Waals surface area contributed by atoms with Gasteiger partial charge in [0.2, 0.25) is 0 Å². The quantitative estimate of drug-likeness (QED) is 0.504. The average molecular weight is 172 g/mol. The molecule has 0 heterocycles. The van der Waals surface area contributed by atoms with Crippen LogP contribution in [0.5, 0.6) is 0 Å². The van der Waals surface area contributed by atoms with Gasteiger partial charge >= 0.3 is 0 Å². The number of rotatable bonds is 2. The summed E-state index contributed by atoms with van der Waals surface area (Å²) in [5.74, 6) is -0.141. The molecule has 0 aliphatic carbocycles. The van der Waals surface area contributed by atoms with E-state index in [1.165, 1.54) is 13.1 Å². The van der Waals surface area contributed by atoms with Crippen molar-refractivity contribution in [2.75, 3.05) is 0 Å². The second kappa shape index (κ2) is 7.98. The van der Waals surface area contributed by atoms with Crippen LogP contribution >= 0.6 is 0 Å². The number of hydrogen-bond acceptors (Lipinski definition) is 1. The van der Waals surface area contributed by atoms with Crippen molar-refractivity contribution < 1.29 is 4.39 Å². The second-order valence-corrected chi connectivity index (χ2v) is 1.86. The maximum absolute atomic E-state index is 12.4. The first kappa shape index (κ1) is 13.5. The highest BCUT2D eigenvalue weighted by atomic mass is 19.1. The first-order chi connectivity index (χ1) is 5.59. The van der Waals surface area contributed by atoms with Crippen LogP contribution in [0.2, 0.25) is 0 Å². The van der Waals surface area contributed by atoms with Gasteiger partial charge in [0.25, 0.3) is 0 Å². The Morgan fingerprint density at radius 2 is 1.83 bits per heavy atom. The first-order valence-corrected chi connectivity index (χ1v) is 3.87. The van der Waals surface area contributed by atoms with Gasteiger partial charge in [-0.15, -0.1) is 0 Å². The summed E-state index contributed by atoms with van der Waals surface area (Å²) in [7, 11) is 0. The van der Waals surface area contributed by atoms with Crippen LogP contribution in [0.4, 0.5) is 4.39 Å². The van der Waals surface area contributed by atoms with Gasteiger partial charge in [0, 0.05) is 11.8 Å². The summed E-state index contributed by atoms with van der Waals surface area (Å²) in [4.78, 5) is 3.61. The van der Waals surface area contributed by atoms with E-state index in [4.69, 9.17) is 5.73 Å². The number of allylic oxidation sites excluding steroid dienone is 1. The molecule has 3 heteroatoms. The highest BCUT2D eigenvalue weighted by Crippen LogP contribution is 2.03. The molecule has 0 bridgehead atoms. The van der Waals surface area contributed by atoms with Crippen molar-refractivity contribution in [3.05, 3.63) is 24.2 Å². The lowest BCUT2D eigenvalue weighted by Gasteiger charge is -1.97. The molecule has 0 saturated carbocycles. The third-order valence-corrected chi connectivity index (χ3v) is 1.13. The minimum atomic E-state index is -0.317. The molecule has 0 aromatic heterocycles. The Morgan fingerprint density at radius 3 is 2.08 bits per heavy atom. The third-order valence-electron chi connectivity index (χ3n) is 1.13. The largest absolute Gasteiger partial charge is 0.383 e. The van der Waals surface area contributed by atoms with Gasteiger partial charge in [0.15, 0.2) is 0 Å². The summed E-state index contributed by atoms with van der Waals surface area (Å²) in [6, 6.07) is 0. The Morgan fingerprint density at radius 1 is 1.42 bits per heavy atom. The lowest BCUT2D eigenvalue weighted by Crippen LogP contribution is -2.12. The topological polar surface area (TPSA) is 38.4 Å². The van der Waals surface area contributed by atoms with E-state index in [1.807, 2.05) is 13.8 Å². The highest BCUT2D eigenvalue weighted by molar-refractivity contribution is 5.97. The molecule has 70 valence electrons. The van der Waals surface area contributed by atoms with Gasteiger partial charge < -0.3 is 5.73 Å². The Kier molecular flexibility index (Phi) is 8.96. The summed E-state index contributed by atoms with van der Waals surface area (Å²) in [6.45, 7) is 10.2. The molecule has 0 radical (unpaired) electrons. The lowest BCUT2D eigenvalue weighted by atomic mass is 10.2. The molecular weight excluding hydrogens is 155 g/mol. The molecule has 0 aliphatic heterocycles. The number of hydrogen-bond donors (Lipinski definition) is 1. The van der Waals surface area contributed by atoms with Crippen molar-refractivity contribution in [2.45, 2.75) is 27.7 Å². The fraction of sp³-hybridized carbons (Fsp3) is 0.444. The fourth-order valence-electron chi connectivity index (χ4n) is 0.372. The molecule has 0 saturated heterocycles. The summed E-state index contributed by atoms with van der Waals surface area (Å²) in [5.41, 5.74) is 5.67. The van der Waals surface area contributed by atoms with Gasteiger partial charge in [0.1, 0.15) is 11.7 Å². The van der Waals surface area contributed by atoms with E-state index in [0.717, 1.165) is 0 Å². The number of halogens is 1. The van der Waals surface area contributed by atoms with Gasteiger partial charge in [-0.2, -0.15) is 0 Å². The highest BCUT2D eigenvalue weighted by Gasteiger charge is 1.98. The molecule has 0 aromatic carbocycles. The van der Waals surface area contributed by atoms with Gasteiger partial charge in [-0.3, -0.25) is 0 Å². The molecule has 0 aliphatic rings. The van der Waals surface area contributed by atoms with Crippen LogP contribution in [-0.2, 0) is 0 Å². The third kappa shape index (κ3) is 5.65. The van der Waals surface area contributed by atoms with E-state index in [2.05, 4.69) is 11.6 Å². The molecule has 0 aromatic rings. The first-order valence-electron chi connectivity index (χ1n) is 3.87. The SMILES string of the molecule is C=CN=C(N)/C(C)=C(\C)F.CC. The van der Waals surface area contributed by atoms with Crippen molar-refractivity contribution in [3.63, 3.8) is 0 Å². The van der Waals surface area contributed by atoms with Crippen LogP contribution in [0.1, 0.15) is 27.7 Å². The smallest absolute Gasteiger partial charge is 0.128 e. The second-order valence-electron chi connectivity index (χ2n) is 1.86. The minimum absolute atomic E-state index is 0.176. The van der Waals surface area contributed by atoms with Crippen LogP contribution in [0.3, 0.4) is 0 Å². The molecule has 0 spiro atoms. The Bertz CT molecular complexity index is 189. The summed E-state index contributed by atoms with van der Waals surface area (Å²) in [5, 5.41) is 0. The number of nitrogens with two attached hydrogens (primary N) is 1. The normalized spacial score (nSPS) is 12.6. The van der Waals surface area contributed by atoms with Crippen LogP contribution in [0, 0.1) is 0 Å². The molecule has 2 N–H and O–H groups in total. The van der Waals surface area contributed by atoms with E-state index in [1.54, 1.807) is 6.92 Å². The number of aliphatic imine (C=N–C) groups is 1. The Balaban J connectivity index is 0. The summed E-state index contributed by atoms with van der Waals surface area (Å²) in [6.07, 6.45) is 1.28. The van der Waals surface area contributed by atoms with Crippen LogP contribution in [0.15, 0.2) is 29.2 Å². The predicted molar refractivity (Wildman–Crippen MR) is 52.6 cm³/mol. The van der Waals surface area contributed by atoms with Crippen LogP contribution in [0.25, 0.3) is 0 Å². The molecular formula is C9H17FN2. The van der Waals surface area contributed by atoms with E-state index < -0.39 is 0 Å². The number of nitrogens with zero attached hydrogens (tertiary/aromatic N) is 1. The zero-order chi connectivity index (χ0) is 10.1. The minimum Gasteiger partial charge on any atom is -0.383 e. The predicted octanol–water partition coefficient (Wildman–Crippen LogP) is 2.78. The van der Waals surface area contributed by atoms with E-state index in [0.29, 0.717) is 5.57 Å². The average Bonchev–Trinajstić information content (AvgIpc) is 2.07. The van der Waals surface area contributed by atoms with Crippen molar-refractivity contribution >= 4 is 5.84 Å². The van der Waals surface area contributed by atoms with Gasteiger partial charge in [-0.1, -0.05) is 20.4 Å². The van der Waals surface area contributed by atoms with Gasteiger partial charge in [-0.25, -0.2) is 9.38 Å². The fourth-order valence-corrected chi connectivity index (χ4v) is 0.372. The van der Waals surface area contributed by atoms with Crippen LogP contribution < -0.4 is 5.73 Å². The molecule has 12 heavy (non-hydrogen) atoms. The zero-order valence-corrected chi connectivity index (χ0v) is 8.19. The van der Waals surface area contributed by atoms with Gasteiger partial charge in [-0.05, 0) is 13.8 Å². The van der Waals surface area contributed by atoms with Crippen LogP contribution in [-0.4, -0.2) is 5.84 Å². The van der Waals surface area contributed by atoms with Gasteiger partial charge in [0.05, 0.1) is 0 Å². The molecule has 0 fully saturated rings. The van der Waals surface area contributed by atoms with E-state index in [-0.39, 0.29) is 11.7 Å². The number of amidine groups is 1. The van der Waals surface area contributed by atoms with Crippen molar-refractivity contribution in [1.29, 1.82) is 0 Å². The zero-order valence-electron chi connectivity index (χ0n) is 8.19.